The zero-order chi connectivity index (χ0) is 11.0. The number of rotatable bonds is 7. The van der Waals surface area contributed by atoms with Crippen molar-refractivity contribution < 1.29 is 9.53 Å². The number of primary amides is 1. The predicted octanol–water partition coefficient (Wildman–Crippen LogP) is -0.0348. The number of nitrogens with zero attached hydrogens (tertiary/aromatic N) is 2. The van der Waals surface area contributed by atoms with E-state index < -0.39 is 0 Å². The highest BCUT2D eigenvalue weighted by Crippen LogP contribution is 1.89. The number of hydrogen-bond donors (Lipinski definition) is 1. The Morgan fingerprint density at radius 3 is 2.43 bits per heavy atom. The number of ether oxygens (including phenoxy) is 1. The molecule has 0 aromatic rings. The van der Waals surface area contributed by atoms with Gasteiger partial charge in [0, 0.05) is 33.3 Å². The fourth-order valence-electron chi connectivity index (χ4n) is 1.07. The highest BCUT2D eigenvalue weighted by atomic mass is 16.5. The first-order valence-electron chi connectivity index (χ1n) is 4.83. The quantitative estimate of drug-likeness (QED) is 0.632. The first-order chi connectivity index (χ1) is 6.61. The molecule has 0 aliphatic heterocycles. The van der Waals surface area contributed by atoms with Crippen LogP contribution in [-0.2, 0) is 4.74 Å². The summed E-state index contributed by atoms with van der Waals surface area (Å²) in [5, 5.41) is 0. The molecule has 0 fully saturated rings. The summed E-state index contributed by atoms with van der Waals surface area (Å²) in [6.07, 6.45) is 0. The van der Waals surface area contributed by atoms with E-state index in [0.717, 1.165) is 13.1 Å². The third kappa shape index (κ3) is 5.77. The number of urea groups is 1. The Bertz CT molecular complexity index is 164. The lowest BCUT2D eigenvalue weighted by molar-refractivity contribution is 0.153. The van der Waals surface area contributed by atoms with Crippen LogP contribution >= 0.6 is 0 Å². The largest absolute Gasteiger partial charge is 0.383 e. The van der Waals surface area contributed by atoms with Crippen molar-refractivity contribution in [2.75, 3.05) is 46.9 Å². The van der Waals surface area contributed by atoms with E-state index in [1.54, 1.807) is 12.0 Å². The summed E-state index contributed by atoms with van der Waals surface area (Å²) < 4.78 is 4.95. The molecule has 0 aromatic carbocycles. The van der Waals surface area contributed by atoms with E-state index in [0.29, 0.717) is 19.7 Å². The van der Waals surface area contributed by atoms with E-state index >= 15 is 0 Å². The Labute approximate surface area is 85.8 Å². The second-order valence-electron chi connectivity index (χ2n) is 3.21. The normalized spacial score (nSPS) is 10.6. The predicted molar refractivity (Wildman–Crippen MR) is 56.2 cm³/mol. The molecule has 0 heterocycles. The molecular formula is C9H21N3O2. The van der Waals surface area contributed by atoms with E-state index in [2.05, 4.69) is 4.90 Å². The minimum Gasteiger partial charge on any atom is -0.383 e. The number of methoxy groups -OCH3 is 1. The van der Waals surface area contributed by atoms with Gasteiger partial charge in [0.2, 0.25) is 0 Å². The molecule has 2 N–H and O–H groups in total. The minimum absolute atomic E-state index is 0.354. The van der Waals surface area contributed by atoms with Crippen molar-refractivity contribution in [2.24, 2.45) is 5.73 Å². The highest BCUT2D eigenvalue weighted by molar-refractivity contribution is 5.71. The molecule has 5 heteroatoms. The van der Waals surface area contributed by atoms with Crippen molar-refractivity contribution in [2.45, 2.75) is 6.92 Å². The molecule has 0 rings (SSSR count). The number of carbonyl (C=O) groups excluding carboxylic acids is 1. The third-order valence-corrected chi connectivity index (χ3v) is 2.12. The highest BCUT2D eigenvalue weighted by Gasteiger charge is 2.07. The van der Waals surface area contributed by atoms with Gasteiger partial charge >= 0.3 is 6.03 Å². The molecule has 0 aliphatic carbocycles. The number of amides is 2. The van der Waals surface area contributed by atoms with Gasteiger partial charge in [-0.15, -0.1) is 0 Å². The molecule has 0 saturated heterocycles. The van der Waals surface area contributed by atoms with Crippen molar-refractivity contribution in [1.82, 2.24) is 9.80 Å². The Kier molecular flexibility index (Phi) is 7.14. The van der Waals surface area contributed by atoms with Crippen LogP contribution in [0.5, 0.6) is 0 Å². The van der Waals surface area contributed by atoms with Crippen LogP contribution in [0.15, 0.2) is 0 Å². The van der Waals surface area contributed by atoms with Crippen LogP contribution in [0.2, 0.25) is 0 Å². The van der Waals surface area contributed by atoms with Crippen LogP contribution in [-0.4, -0.2) is 62.8 Å². The van der Waals surface area contributed by atoms with Crippen LogP contribution in [0.4, 0.5) is 4.79 Å². The monoisotopic (exact) mass is 203 g/mol. The Morgan fingerprint density at radius 2 is 2.00 bits per heavy atom. The van der Waals surface area contributed by atoms with Crippen molar-refractivity contribution in [1.29, 1.82) is 0 Å². The fraction of sp³-hybridized carbons (Fsp3) is 0.889. The molecular weight excluding hydrogens is 182 g/mol. The lowest BCUT2D eigenvalue weighted by Gasteiger charge is -2.22. The van der Waals surface area contributed by atoms with E-state index in [1.165, 1.54) is 0 Å². The molecule has 0 saturated carbocycles. The maximum Gasteiger partial charge on any atom is 0.314 e. The molecule has 0 unspecified atom stereocenters. The first-order valence-corrected chi connectivity index (χ1v) is 4.83. The van der Waals surface area contributed by atoms with Gasteiger partial charge in [-0.05, 0) is 14.0 Å². The van der Waals surface area contributed by atoms with Crippen molar-refractivity contribution >= 4 is 6.03 Å². The lowest BCUT2D eigenvalue weighted by Crippen LogP contribution is -2.41. The summed E-state index contributed by atoms with van der Waals surface area (Å²) in [7, 11) is 3.67. The average molecular weight is 203 g/mol. The fourth-order valence-corrected chi connectivity index (χ4v) is 1.07. The van der Waals surface area contributed by atoms with Gasteiger partial charge in [0.1, 0.15) is 0 Å². The number of nitrogens with two attached hydrogens (primary N) is 1. The Balaban J connectivity index is 3.62. The Hall–Kier alpha value is -0.810. The molecule has 0 radical (unpaired) electrons. The van der Waals surface area contributed by atoms with E-state index in [4.69, 9.17) is 10.5 Å². The second-order valence-corrected chi connectivity index (χ2v) is 3.21. The van der Waals surface area contributed by atoms with Gasteiger partial charge in [0.25, 0.3) is 0 Å². The molecule has 84 valence electrons. The molecule has 0 atom stereocenters. The van der Waals surface area contributed by atoms with Crippen LogP contribution in [0.25, 0.3) is 0 Å². The summed E-state index contributed by atoms with van der Waals surface area (Å²) >= 11 is 0. The standard InChI is InChI=1S/C9H21N3O2/c1-4-12(9(10)13)6-5-11(2)7-8-14-3/h4-8H2,1-3H3,(H2,10,13). The van der Waals surface area contributed by atoms with Gasteiger partial charge in [0.15, 0.2) is 0 Å². The van der Waals surface area contributed by atoms with Crippen LogP contribution < -0.4 is 5.73 Å². The van der Waals surface area contributed by atoms with Crippen LogP contribution in [0.3, 0.4) is 0 Å². The minimum atomic E-state index is -0.354. The second kappa shape index (κ2) is 7.58. The third-order valence-electron chi connectivity index (χ3n) is 2.12. The molecule has 14 heavy (non-hydrogen) atoms. The lowest BCUT2D eigenvalue weighted by atomic mass is 10.4. The molecule has 0 aliphatic rings. The van der Waals surface area contributed by atoms with Gasteiger partial charge in [-0.25, -0.2) is 4.79 Å². The van der Waals surface area contributed by atoms with Crippen molar-refractivity contribution in [3.05, 3.63) is 0 Å². The maximum absolute atomic E-state index is 10.9. The van der Waals surface area contributed by atoms with Gasteiger partial charge in [0.05, 0.1) is 6.61 Å². The summed E-state index contributed by atoms with van der Waals surface area (Å²) in [4.78, 5) is 14.6. The molecule has 0 spiro atoms. The van der Waals surface area contributed by atoms with Crippen LogP contribution in [0, 0.1) is 0 Å². The number of carbonyl (C=O) groups is 1. The Morgan fingerprint density at radius 1 is 1.36 bits per heavy atom. The molecule has 2 amide bonds. The van der Waals surface area contributed by atoms with Gasteiger partial charge < -0.3 is 20.3 Å². The summed E-state index contributed by atoms with van der Waals surface area (Å²) in [5.41, 5.74) is 5.18. The molecule has 0 aromatic heterocycles. The maximum atomic E-state index is 10.9. The van der Waals surface area contributed by atoms with E-state index in [1.807, 2.05) is 14.0 Å². The number of hydrogen-bond acceptors (Lipinski definition) is 3. The summed E-state index contributed by atoms with van der Waals surface area (Å²) in [6.45, 7) is 5.64. The SMILES string of the molecule is CCN(CCN(C)CCOC)C(N)=O. The van der Waals surface area contributed by atoms with E-state index in [9.17, 15) is 4.79 Å². The summed E-state index contributed by atoms with van der Waals surface area (Å²) in [6, 6.07) is -0.354. The zero-order valence-electron chi connectivity index (χ0n) is 9.32. The number of likely N-dealkylation sites (N-methyl/N-ethyl adjacent to an activating group) is 2. The first kappa shape index (κ1) is 13.2. The van der Waals surface area contributed by atoms with Crippen molar-refractivity contribution in [3.63, 3.8) is 0 Å². The zero-order valence-corrected chi connectivity index (χ0v) is 9.32. The van der Waals surface area contributed by atoms with Crippen molar-refractivity contribution in [3.8, 4) is 0 Å². The van der Waals surface area contributed by atoms with E-state index in [-0.39, 0.29) is 6.03 Å². The molecule has 0 bridgehead atoms. The summed E-state index contributed by atoms with van der Waals surface area (Å²) in [5.74, 6) is 0. The van der Waals surface area contributed by atoms with Crippen LogP contribution in [0.1, 0.15) is 6.92 Å². The molecule has 5 nitrogen and oxygen atoms in total. The van der Waals surface area contributed by atoms with Gasteiger partial charge in [-0.2, -0.15) is 0 Å². The smallest absolute Gasteiger partial charge is 0.314 e. The topological polar surface area (TPSA) is 58.8 Å². The van der Waals surface area contributed by atoms with Gasteiger partial charge in [-0.3, -0.25) is 0 Å². The van der Waals surface area contributed by atoms with Gasteiger partial charge in [-0.1, -0.05) is 0 Å². The average Bonchev–Trinajstić information content (AvgIpc) is 2.15.